The number of piperidine rings is 1. The van der Waals surface area contributed by atoms with Crippen molar-refractivity contribution < 1.29 is 8.42 Å². The van der Waals surface area contributed by atoms with Gasteiger partial charge in [0.15, 0.2) is 5.96 Å². The van der Waals surface area contributed by atoms with Crippen molar-refractivity contribution in [2.45, 2.75) is 50.3 Å². The molecule has 0 amide bonds. The summed E-state index contributed by atoms with van der Waals surface area (Å²) in [5.41, 5.74) is 0. The second-order valence-corrected chi connectivity index (χ2v) is 11.0. The predicted octanol–water partition coefficient (Wildman–Crippen LogP) is 3.17. The summed E-state index contributed by atoms with van der Waals surface area (Å²) in [7, 11) is -3.37. The van der Waals surface area contributed by atoms with Crippen LogP contribution >= 0.6 is 0 Å². The Kier molecular flexibility index (Phi) is 6.98. The lowest BCUT2D eigenvalue weighted by molar-refractivity contribution is 0.278. The van der Waals surface area contributed by atoms with Crippen molar-refractivity contribution >= 4 is 16.0 Å². The molecule has 3 fully saturated rings. The molecule has 0 radical (unpaired) electrons. The number of sulfonamides is 1. The Morgan fingerprint density at radius 2 is 1.67 bits per heavy atom. The van der Waals surface area contributed by atoms with E-state index in [1.54, 1.807) is 28.6 Å². The molecular formula is C23H36N4O2S. The summed E-state index contributed by atoms with van der Waals surface area (Å²) in [4.78, 5) is 7.85. The van der Waals surface area contributed by atoms with E-state index in [1.807, 2.05) is 6.07 Å². The third-order valence-electron chi connectivity index (χ3n) is 7.06. The fourth-order valence-electron chi connectivity index (χ4n) is 5.29. The van der Waals surface area contributed by atoms with E-state index in [0.29, 0.717) is 23.9 Å². The number of hydrogen-bond donors (Lipinski definition) is 1. The van der Waals surface area contributed by atoms with E-state index in [0.717, 1.165) is 56.8 Å². The van der Waals surface area contributed by atoms with E-state index in [4.69, 9.17) is 4.99 Å². The van der Waals surface area contributed by atoms with Crippen LogP contribution < -0.4 is 5.32 Å². The maximum Gasteiger partial charge on any atom is 0.243 e. The Balaban J connectivity index is 1.33. The summed E-state index contributed by atoms with van der Waals surface area (Å²) in [6, 6.07) is 8.78. The number of nitrogens with one attached hydrogen (secondary N) is 1. The summed E-state index contributed by atoms with van der Waals surface area (Å²) >= 11 is 0. The minimum absolute atomic E-state index is 0.395. The molecule has 6 nitrogen and oxygen atoms in total. The van der Waals surface area contributed by atoms with Gasteiger partial charge >= 0.3 is 0 Å². The van der Waals surface area contributed by atoms with Gasteiger partial charge in [0, 0.05) is 39.3 Å². The van der Waals surface area contributed by atoms with Gasteiger partial charge in [-0.15, -0.1) is 0 Å². The lowest BCUT2D eigenvalue weighted by atomic mass is 9.82. The zero-order valence-corrected chi connectivity index (χ0v) is 19.0. The van der Waals surface area contributed by atoms with E-state index < -0.39 is 10.0 Å². The van der Waals surface area contributed by atoms with Crippen LogP contribution in [0.3, 0.4) is 0 Å². The molecule has 30 heavy (non-hydrogen) atoms. The number of nitrogens with zero attached hydrogens (tertiary/aromatic N) is 3. The monoisotopic (exact) mass is 432 g/mol. The molecule has 0 bridgehead atoms. The van der Waals surface area contributed by atoms with E-state index in [1.165, 1.54) is 25.7 Å². The highest BCUT2D eigenvalue weighted by Gasteiger charge is 2.36. The van der Waals surface area contributed by atoms with Gasteiger partial charge in [-0.05, 0) is 62.5 Å². The zero-order chi connectivity index (χ0) is 21.0. The second kappa shape index (κ2) is 9.69. The summed E-state index contributed by atoms with van der Waals surface area (Å²) in [6.07, 6.45) is 7.25. The molecule has 2 unspecified atom stereocenters. The number of fused-ring (bicyclic) bond motifs is 1. The van der Waals surface area contributed by atoms with Crippen LogP contribution in [-0.4, -0.2) is 62.9 Å². The van der Waals surface area contributed by atoms with Gasteiger partial charge in [-0.1, -0.05) is 31.0 Å². The van der Waals surface area contributed by atoms with Crippen molar-refractivity contribution in [1.82, 2.24) is 14.5 Å². The van der Waals surface area contributed by atoms with Crippen LogP contribution in [0.4, 0.5) is 0 Å². The lowest BCUT2D eigenvalue weighted by Gasteiger charge is -2.31. The number of aliphatic imine (C=N–C) groups is 1. The van der Waals surface area contributed by atoms with E-state index in [9.17, 15) is 8.42 Å². The first-order chi connectivity index (χ1) is 14.6. The zero-order valence-electron chi connectivity index (χ0n) is 18.2. The van der Waals surface area contributed by atoms with Crippen molar-refractivity contribution in [3.8, 4) is 0 Å². The Bertz CT molecular complexity index is 805. The third-order valence-corrected chi connectivity index (χ3v) is 8.98. The van der Waals surface area contributed by atoms with Crippen LogP contribution in [0.2, 0.25) is 0 Å². The number of rotatable bonds is 5. The standard InChI is InChI=1S/C23H36N4O2S/c1-2-24-23(26-17-20-8-6-7-9-21(20)18-26)25-16-19-12-14-27(15-13-19)30(28,29)22-10-4-3-5-11-22/h3-5,10-11,19-21H,2,6-9,12-18H2,1H3,(H,24,25). The molecule has 1 saturated carbocycles. The van der Waals surface area contributed by atoms with E-state index in [2.05, 4.69) is 17.1 Å². The molecule has 1 aliphatic carbocycles. The second-order valence-electron chi connectivity index (χ2n) is 9.06. The molecule has 1 N–H and O–H groups in total. The summed E-state index contributed by atoms with van der Waals surface area (Å²) in [5, 5.41) is 3.50. The van der Waals surface area contributed by atoms with Crippen molar-refractivity contribution in [1.29, 1.82) is 0 Å². The summed E-state index contributed by atoms with van der Waals surface area (Å²) < 4.78 is 27.3. The highest BCUT2D eigenvalue weighted by atomic mass is 32.2. The van der Waals surface area contributed by atoms with Gasteiger partial charge in [0.1, 0.15) is 0 Å². The molecule has 166 valence electrons. The third kappa shape index (κ3) is 4.83. The minimum Gasteiger partial charge on any atom is -0.357 e. The first-order valence-corrected chi connectivity index (χ1v) is 13.1. The van der Waals surface area contributed by atoms with Crippen LogP contribution in [0.1, 0.15) is 45.4 Å². The van der Waals surface area contributed by atoms with E-state index in [-0.39, 0.29) is 0 Å². The van der Waals surface area contributed by atoms with Crippen LogP contribution in [0.15, 0.2) is 40.2 Å². The topological polar surface area (TPSA) is 65.0 Å². The van der Waals surface area contributed by atoms with Crippen LogP contribution in [0.5, 0.6) is 0 Å². The normalized spacial score (nSPS) is 26.6. The van der Waals surface area contributed by atoms with Crippen molar-refractivity contribution in [3.05, 3.63) is 30.3 Å². The average molecular weight is 433 g/mol. The van der Waals surface area contributed by atoms with Crippen LogP contribution in [-0.2, 0) is 10.0 Å². The Morgan fingerprint density at radius 1 is 1.03 bits per heavy atom. The molecule has 1 aromatic rings. The molecule has 7 heteroatoms. The molecule has 2 atom stereocenters. The molecule has 4 rings (SSSR count). The first-order valence-electron chi connectivity index (χ1n) is 11.7. The average Bonchev–Trinajstić information content (AvgIpc) is 3.21. The maximum absolute atomic E-state index is 12.8. The smallest absolute Gasteiger partial charge is 0.243 e. The largest absolute Gasteiger partial charge is 0.357 e. The van der Waals surface area contributed by atoms with E-state index >= 15 is 0 Å². The predicted molar refractivity (Wildman–Crippen MR) is 121 cm³/mol. The van der Waals surface area contributed by atoms with Crippen molar-refractivity contribution in [3.63, 3.8) is 0 Å². The van der Waals surface area contributed by atoms with Crippen molar-refractivity contribution in [2.75, 3.05) is 39.3 Å². The van der Waals surface area contributed by atoms with Gasteiger partial charge in [-0.25, -0.2) is 8.42 Å². The number of likely N-dealkylation sites (tertiary alicyclic amines) is 1. The SMILES string of the molecule is CCNC(=NCC1CCN(S(=O)(=O)c2ccccc2)CC1)N1CC2CCCCC2C1. The summed E-state index contributed by atoms with van der Waals surface area (Å²) in [6.45, 7) is 7.26. The molecular weight excluding hydrogens is 396 g/mol. The van der Waals surface area contributed by atoms with Crippen LogP contribution in [0, 0.1) is 17.8 Å². The molecule has 2 saturated heterocycles. The Labute approximate surface area is 181 Å². The maximum atomic E-state index is 12.8. The fraction of sp³-hybridized carbons (Fsp3) is 0.696. The van der Waals surface area contributed by atoms with Crippen molar-refractivity contribution in [2.24, 2.45) is 22.7 Å². The number of benzene rings is 1. The Hall–Kier alpha value is -1.60. The van der Waals surface area contributed by atoms with Crippen LogP contribution in [0.25, 0.3) is 0 Å². The Morgan fingerprint density at radius 3 is 2.27 bits per heavy atom. The van der Waals surface area contributed by atoms with Gasteiger partial charge in [0.25, 0.3) is 0 Å². The fourth-order valence-corrected chi connectivity index (χ4v) is 6.78. The molecule has 1 aromatic carbocycles. The van der Waals surface area contributed by atoms with Gasteiger partial charge in [-0.3, -0.25) is 4.99 Å². The molecule has 3 aliphatic rings. The summed E-state index contributed by atoms with van der Waals surface area (Å²) in [5.74, 6) is 3.19. The quantitative estimate of drug-likeness (QED) is 0.573. The molecule has 0 spiro atoms. The molecule has 2 aliphatic heterocycles. The lowest BCUT2D eigenvalue weighted by Crippen LogP contribution is -2.41. The molecule has 0 aromatic heterocycles. The number of guanidine groups is 1. The highest BCUT2D eigenvalue weighted by molar-refractivity contribution is 7.89. The van der Waals surface area contributed by atoms with Gasteiger partial charge in [0.2, 0.25) is 10.0 Å². The van der Waals surface area contributed by atoms with Gasteiger partial charge in [-0.2, -0.15) is 4.31 Å². The minimum atomic E-state index is -3.37. The highest BCUT2D eigenvalue weighted by Crippen LogP contribution is 2.36. The van der Waals surface area contributed by atoms with Gasteiger partial charge < -0.3 is 10.2 Å². The molecule has 2 heterocycles. The van der Waals surface area contributed by atoms with Gasteiger partial charge in [0.05, 0.1) is 4.90 Å². The number of hydrogen-bond acceptors (Lipinski definition) is 3. The first kappa shape index (κ1) is 21.6.